The van der Waals surface area contributed by atoms with Crippen molar-refractivity contribution in [3.8, 4) is 39.3 Å². The van der Waals surface area contributed by atoms with Gasteiger partial charge in [-0.25, -0.2) is 9.97 Å². The second-order valence-electron chi connectivity index (χ2n) is 18.3. The molecule has 1 aliphatic carbocycles. The molecule has 0 aliphatic heterocycles. The van der Waals surface area contributed by atoms with Crippen LogP contribution in [-0.4, -0.2) is 14.5 Å². The van der Waals surface area contributed by atoms with Crippen LogP contribution in [-0.2, 0) is 0 Å². The summed E-state index contributed by atoms with van der Waals surface area (Å²) in [7, 11) is 0. The third-order valence-corrected chi connectivity index (χ3v) is 14.0. The Kier molecular flexibility index (Phi) is 9.83. The summed E-state index contributed by atoms with van der Waals surface area (Å²) in [5, 5.41) is 7.62. The zero-order valence-corrected chi connectivity index (χ0v) is 38.1. The Bertz CT molecular complexity index is 4030. The van der Waals surface area contributed by atoms with Gasteiger partial charge in [0.15, 0.2) is 0 Å². The molecule has 10 aromatic carbocycles. The van der Waals surface area contributed by atoms with E-state index in [0.29, 0.717) is 5.92 Å². The summed E-state index contributed by atoms with van der Waals surface area (Å²) >= 11 is 0. The topological polar surface area (TPSA) is 34.0 Å². The van der Waals surface area contributed by atoms with Gasteiger partial charge in [0, 0.05) is 50.6 Å². The number of hydrogen-bond acceptors (Lipinski definition) is 3. The van der Waals surface area contributed by atoms with Gasteiger partial charge in [0.25, 0.3) is 0 Å². The maximum Gasteiger partial charge on any atom is 0.0973 e. The first-order chi connectivity index (χ1) is 34.1. The number of hydrogen-bond donors (Lipinski definition) is 0. The maximum atomic E-state index is 5.18. The normalized spacial score (nSPS) is 14.4. The van der Waals surface area contributed by atoms with E-state index >= 15 is 0 Å². The van der Waals surface area contributed by atoms with Gasteiger partial charge >= 0.3 is 0 Å². The van der Waals surface area contributed by atoms with Gasteiger partial charge < -0.3 is 9.47 Å². The molecular formula is C65H46N4. The number of para-hydroxylation sites is 3. The molecule has 2 aromatic heterocycles. The minimum Gasteiger partial charge on any atom is -0.311 e. The van der Waals surface area contributed by atoms with Crippen molar-refractivity contribution in [1.29, 1.82) is 0 Å². The average Bonchev–Trinajstić information content (AvgIpc) is 3.74. The molecule has 0 saturated carbocycles. The molecule has 2 atom stereocenters. The van der Waals surface area contributed by atoms with E-state index in [9.17, 15) is 0 Å². The largest absolute Gasteiger partial charge is 0.311 e. The Hall–Kier alpha value is -8.86. The van der Waals surface area contributed by atoms with Crippen LogP contribution in [0.5, 0.6) is 0 Å². The third-order valence-electron chi connectivity index (χ3n) is 14.0. The second kappa shape index (κ2) is 16.8. The highest BCUT2D eigenvalue weighted by Gasteiger charge is 2.22. The molecule has 0 radical (unpaired) electrons. The number of anilines is 3. The van der Waals surface area contributed by atoms with Crippen LogP contribution in [0.1, 0.15) is 18.4 Å². The zero-order chi connectivity index (χ0) is 45.8. The molecule has 4 heteroatoms. The van der Waals surface area contributed by atoms with Gasteiger partial charge in [-0.1, -0.05) is 165 Å². The summed E-state index contributed by atoms with van der Waals surface area (Å²) in [6.45, 7) is 2.35. The molecule has 1 aliphatic rings. The van der Waals surface area contributed by atoms with Crippen LogP contribution in [0, 0.1) is 5.92 Å². The van der Waals surface area contributed by atoms with Gasteiger partial charge in [-0.3, -0.25) is 0 Å². The maximum absolute atomic E-state index is 5.18. The monoisotopic (exact) mass is 882 g/mol. The summed E-state index contributed by atoms with van der Waals surface area (Å²) < 4.78 is 2.44. The van der Waals surface area contributed by atoms with Gasteiger partial charge in [0.1, 0.15) is 0 Å². The summed E-state index contributed by atoms with van der Waals surface area (Å²) in [5.41, 5.74) is 16.0. The van der Waals surface area contributed by atoms with Gasteiger partial charge in [0.2, 0.25) is 0 Å². The van der Waals surface area contributed by atoms with Crippen LogP contribution in [0.15, 0.2) is 237 Å². The predicted octanol–water partition coefficient (Wildman–Crippen LogP) is 15.3. The van der Waals surface area contributed by atoms with Crippen molar-refractivity contribution in [2.75, 3.05) is 4.90 Å². The van der Waals surface area contributed by atoms with Crippen LogP contribution in [0.4, 0.5) is 17.1 Å². The van der Waals surface area contributed by atoms with Gasteiger partial charge in [-0.2, -0.15) is 0 Å². The van der Waals surface area contributed by atoms with E-state index in [-0.39, 0.29) is 5.92 Å². The van der Waals surface area contributed by atoms with Crippen LogP contribution < -0.4 is 15.3 Å². The van der Waals surface area contributed by atoms with Crippen molar-refractivity contribution in [1.82, 2.24) is 14.5 Å². The highest BCUT2D eigenvalue weighted by atomic mass is 15.1. The van der Waals surface area contributed by atoms with Crippen LogP contribution in [0.3, 0.4) is 0 Å². The van der Waals surface area contributed by atoms with Gasteiger partial charge in [0.05, 0.1) is 33.5 Å². The number of nitrogens with zero attached hydrogens (tertiary/aromatic N) is 4. The lowest BCUT2D eigenvalue weighted by Crippen LogP contribution is -2.30. The molecule has 0 N–H and O–H groups in total. The molecule has 2 heterocycles. The van der Waals surface area contributed by atoms with Crippen LogP contribution in [0.25, 0.3) is 95.1 Å². The number of rotatable bonds is 8. The Balaban J connectivity index is 0.914. The Morgan fingerprint density at radius 1 is 0.391 bits per heavy atom. The standard InChI is InChI=1S/C65H46N4/c1-43-38-47-17-10-11-19-49(47)40-57(43)52-29-37-63-59(42-52)58-41-51(50-25-24-44-14-8-9-18-48(44)39-50)28-36-62(58)69(63)56-34-32-55(33-35-56)68(53-20-6-3-7-21-53)54-30-26-46(27-31-54)65-64(45-15-4-2-5-16-45)66-60-22-12-13-23-61(60)67-65/h2-43,57H,1H3. The SMILES string of the molecule is CC1C=c2ccccc2=CC1c1ccc2c(c1)c1cc(-c3ccc4ccccc4c3)ccc1n2-c1ccc(N(c2ccccc2)c2ccc(-c3nc4ccccc4nc3-c3ccccc3)cc2)cc1. The Morgan fingerprint density at radius 3 is 1.61 bits per heavy atom. The Labute approximate surface area is 401 Å². The van der Waals surface area contributed by atoms with Gasteiger partial charge in [-0.05, 0) is 135 Å². The molecular weight excluding hydrogens is 837 g/mol. The fourth-order valence-corrected chi connectivity index (χ4v) is 10.6. The number of fused-ring (bicyclic) bond motifs is 6. The van der Waals surface area contributed by atoms with Crippen LogP contribution >= 0.6 is 0 Å². The lowest BCUT2D eigenvalue weighted by Gasteiger charge is -2.26. The smallest absolute Gasteiger partial charge is 0.0973 e. The molecule has 0 spiro atoms. The number of aromatic nitrogens is 3. The molecule has 0 fully saturated rings. The number of benzene rings is 10. The minimum atomic E-state index is 0.273. The predicted molar refractivity (Wildman–Crippen MR) is 289 cm³/mol. The first-order valence-corrected chi connectivity index (χ1v) is 23.8. The van der Waals surface area contributed by atoms with Crippen molar-refractivity contribution >= 4 is 72.8 Å². The summed E-state index contributed by atoms with van der Waals surface area (Å²) in [6.07, 6.45) is 4.90. The van der Waals surface area contributed by atoms with E-state index in [4.69, 9.17) is 9.97 Å². The average molecular weight is 883 g/mol. The van der Waals surface area contributed by atoms with Crippen molar-refractivity contribution in [2.45, 2.75) is 12.8 Å². The lowest BCUT2D eigenvalue weighted by atomic mass is 9.82. The zero-order valence-electron chi connectivity index (χ0n) is 38.1. The van der Waals surface area contributed by atoms with E-state index in [0.717, 1.165) is 56.3 Å². The third kappa shape index (κ3) is 7.26. The van der Waals surface area contributed by atoms with Gasteiger partial charge in [-0.15, -0.1) is 0 Å². The highest BCUT2D eigenvalue weighted by Crippen LogP contribution is 2.41. The quantitative estimate of drug-likeness (QED) is 0.152. The molecule has 0 saturated heterocycles. The minimum absolute atomic E-state index is 0.273. The van der Waals surface area contributed by atoms with Crippen molar-refractivity contribution < 1.29 is 0 Å². The van der Waals surface area contributed by atoms with Crippen LogP contribution in [0.2, 0.25) is 0 Å². The van der Waals surface area contributed by atoms with E-state index in [2.05, 4.69) is 235 Å². The summed E-state index contributed by atoms with van der Waals surface area (Å²) in [5.74, 6) is 0.643. The molecule has 12 aromatic rings. The fraction of sp³-hybridized carbons (Fsp3) is 0.0462. The fourth-order valence-electron chi connectivity index (χ4n) is 10.6. The van der Waals surface area contributed by atoms with E-state index in [1.54, 1.807) is 0 Å². The second-order valence-corrected chi connectivity index (χ2v) is 18.3. The van der Waals surface area contributed by atoms with E-state index in [1.807, 2.05) is 30.3 Å². The lowest BCUT2D eigenvalue weighted by molar-refractivity contribution is 0.694. The molecule has 2 unspecified atom stereocenters. The first-order valence-electron chi connectivity index (χ1n) is 23.8. The van der Waals surface area contributed by atoms with Crippen molar-refractivity contribution in [2.24, 2.45) is 5.92 Å². The molecule has 0 amide bonds. The highest BCUT2D eigenvalue weighted by molar-refractivity contribution is 6.11. The molecule has 13 rings (SSSR count). The van der Waals surface area contributed by atoms with Crippen molar-refractivity contribution in [3.63, 3.8) is 0 Å². The van der Waals surface area contributed by atoms with E-state index in [1.165, 1.54) is 59.7 Å². The molecule has 0 bridgehead atoms. The van der Waals surface area contributed by atoms with Crippen molar-refractivity contribution in [3.05, 3.63) is 253 Å². The summed E-state index contributed by atoms with van der Waals surface area (Å²) in [4.78, 5) is 12.6. The first kappa shape index (κ1) is 40.4. The molecule has 326 valence electrons. The summed E-state index contributed by atoms with van der Waals surface area (Å²) in [6, 6.07) is 85.1. The van der Waals surface area contributed by atoms with E-state index < -0.39 is 0 Å². The molecule has 4 nitrogen and oxygen atoms in total. The Morgan fingerprint density at radius 2 is 0.899 bits per heavy atom. The molecule has 69 heavy (non-hydrogen) atoms.